The summed E-state index contributed by atoms with van der Waals surface area (Å²) in [6.45, 7) is 5.47. The number of rotatable bonds is 14. The molecule has 33 heavy (non-hydrogen) atoms. The molecule has 0 fully saturated rings. The molecular weight excluding hydrogens is 512 g/mol. The van der Waals surface area contributed by atoms with Crippen LogP contribution in [0, 0.1) is 0 Å². The van der Waals surface area contributed by atoms with E-state index >= 15 is 0 Å². The fraction of sp³-hybridized carbons (Fsp3) is 0.750. The van der Waals surface area contributed by atoms with Crippen molar-refractivity contribution in [3.8, 4) is 0 Å². The first-order valence-corrected chi connectivity index (χ1v) is 8.27. The first-order chi connectivity index (χ1) is 14.3. The molecule has 0 aliphatic carbocycles. The first kappa shape index (κ1) is 31.3. The Morgan fingerprint density at radius 2 is 0.697 bits per heavy atom. The average molecular weight is 526 g/mol. The molecule has 0 aliphatic heterocycles. The van der Waals surface area contributed by atoms with E-state index in [2.05, 4.69) is 13.2 Å². The summed E-state index contributed by atoms with van der Waals surface area (Å²) >= 11 is 0. The highest BCUT2D eigenvalue weighted by atomic mass is 19.4. The minimum atomic E-state index is -7.73. The van der Waals surface area contributed by atoms with Crippen molar-refractivity contribution >= 4 is 0 Å². The van der Waals surface area contributed by atoms with Gasteiger partial charge in [0.25, 0.3) is 0 Å². The van der Waals surface area contributed by atoms with Crippen LogP contribution in [0.1, 0.15) is 25.7 Å². The lowest BCUT2D eigenvalue weighted by molar-refractivity contribution is -0.515. The van der Waals surface area contributed by atoms with Gasteiger partial charge in [0.2, 0.25) is 0 Å². The van der Waals surface area contributed by atoms with E-state index in [1.54, 1.807) is 0 Å². The van der Waals surface area contributed by atoms with Crippen LogP contribution in [0.3, 0.4) is 0 Å². The molecule has 196 valence electrons. The Balaban J connectivity index is 6.29. The van der Waals surface area contributed by atoms with Crippen LogP contribution in [-0.4, -0.2) is 47.8 Å². The van der Waals surface area contributed by atoms with Crippen molar-refractivity contribution in [2.75, 3.05) is 0 Å². The van der Waals surface area contributed by atoms with Gasteiger partial charge in [-0.05, 0) is 12.8 Å². The lowest BCUT2D eigenvalue weighted by Crippen LogP contribution is -2.68. The summed E-state index contributed by atoms with van der Waals surface area (Å²) in [4.78, 5) is 0. The smallest absolute Gasteiger partial charge is 0.245 e. The summed E-state index contributed by atoms with van der Waals surface area (Å²) in [5, 5.41) is 0. The molecule has 0 aliphatic rings. The number of halogens is 16. The zero-order valence-corrected chi connectivity index (χ0v) is 15.9. The van der Waals surface area contributed by atoms with Gasteiger partial charge in [-0.25, -0.2) is 4.74 Å². The average Bonchev–Trinajstić information content (AvgIpc) is 2.62. The van der Waals surface area contributed by atoms with Crippen LogP contribution in [0.25, 0.3) is 0 Å². The highest BCUT2D eigenvalue weighted by molar-refractivity contribution is 5.05. The van der Waals surface area contributed by atoms with Gasteiger partial charge in [-0.15, -0.1) is 13.2 Å². The summed E-state index contributed by atoms with van der Waals surface area (Å²) in [5.74, 6) is -42.3. The summed E-state index contributed by atoms with van der Waals surface area (Å²) in [6.07, 6.45) is -21.6. The Morgan fingerprint density at radius 3 is 0.909 bits per heavy atom. The van der Waals surface area contributed by atoms with Crippen LogP contribution in [0.2, 0.25) is 0 Å². The molecule has 0 rings (SSSR count). The third-order valence-electron chi connectivity index (χ3n) is 4.02. The van der Waals surface area contributed by atoms with Crippen LogP contribution in [0.15, 0.2) is 25.3 Å². The molecular formula is C16H14F16O. The lowest BCUT2D eigenvalue weighted by Gasteiger charge is -2.40. The molecule has 0 bridgehead atoms. The normalized spacial score (nSPS) is 15.5. The largest absolute Gasteiger partial charge is 0.430 e. The Labute approximate surface area is 175 Å². The van der Waals surface area contributed by atoms with Gasteiger partial charge in [0.05, 0.1) is 0 Å². The minimum absolute atomic E-state index is 0.431. The molecule has 0 aromatic carbocycles. The molecule has 0 N–H and O–H groups in total. The third kappa shape index (κ3) is 5.21. The SMILES string of the molecule is C=CCCC(F)(F)C(F)(F)C(F)(F)C(F)(F)OC(F)(F)C(F)(F)C(F)(F)C(F)(F)CCC=C. The van der Waals surface area contributed by atoms with E-state index in [9.17, 15) is 70.2 Å². The van der Waals surface area contributed by atoms with Crippen LogP contribution in [-0.2, 0) is 4.74 Å². The summed E-state index contributed by atoms with van der Waals surface area (Å²) in [5.41, 5.74) is 0. The van der Waals surface area contributed by atoms with E-state index in [0.717, 1.165) is 0 Å². The van der Waals surface area contributed by atoms with Crippen molar-refractivity contribution in [2.45, 2.75) is 73.4 Å². The van der Waals surface area contributed by atoms with Gasteiger partial charge in [0, 0.05) is 12.8 Å². The molecule has 0 amide bonds. The molecule has 0 radical (unpaired) electrons. The topological polar surface area (TPSA) is 9.23 Å². The van der Waals surface area contributed by atoms with Gasteiger partial charge >= 0.3 is 47.8 Å². The Bertz CT molecular complexity index is 639. The predicted octanol–water partition coefficient (Wildman–Crippen LogP) is 7.93. The molecule has 17 heteroatoms. The fourth-order valence-electron chi connectivity index (χ4n) is 1.99. The third-order valence-corrected chi connectivity index (χ3v) is 4.02. The van der Waals surface area contributed by atoms with Crippen LogP contribution >= 0.6 is 0 Å². The summed E-state index contributed by atoms with van der Waals surface area (Å²) in [7, 11) is 0. The second-order valence-corrected chi connectivity index (χ2v) is 6.50. The second-order valence-electron chi connectivity index (χ2n) is 6.50. The van der Waals surface area contributed by atoms with Crippen molar-refractivity contribution in [1.82, 2.24) is 0 Å². The zero-order chi connectivity index (χ0) is 26.9. The molecule has 0 heterocycles. The molecule has 0 aromatic rings. The van der Waals surface area contributed by atoms with Crippen LogP contribution in [0.5, 0.6) is 0 Å². The van der Waals surface area contributed by atoms with E-state index in [0.29, 0.717) is 12.2 Å². The Hall–Kier alpha value is -1.68. The van der Waals surface area contributed by atoms with Gasteiger partial charge < -0.3 is 0 Å². The number of ether oxygens (including phenoxy) is 1. The fourth-order valence-corrected chi connectivity index (χ4v) is 1.99. The Kier molecular flexibility index (Phi) is 8.70. The number of alkyl halides is 16. The van der Waals surface area contributed by atoms with E-state index in [1.165, 1.54) is 4.74 Å². The monoisotopic (exact) mass is 526 g/mol. The predicted molar refractivity (Wildman–Crippen MR) is 79.5 cm³/mol. The number of allylic oxidation sites excluding steroid dienone is 2. The molecule has 0 unspecified atom stereocenters. The molecule has 0 aromatic heterocycles. The van der Waals surface area contributed by atoms with E-state index in [1.807, 2.05) is 0 Å². The number of hydrogen-bond acceptors (Lipinski definition) is 1. The van der Waals surface area contributed by atoms with E-state index in [-0.39, 0.29) is 0 Å². The standard InChI is InChI=1S/C16H14F16O/c1-3-5-7-9(17,18)11(21,22)13(25,26)15(29,30)33-16(31,32)14(27,28)12(23,24)10(19,20)8-6-4-2/h3-4H,1-2,5-8H2. The van der Waals surface area contributed by atoms with Crippen molar-refractivity contribution in [1.29, 1.82) is 0 Å². The van der Waals surface area contributed by atoms with Gasteiger partial charge in [0.15, 0.2) is 0 Å². The van der Waals surface area contributed by atoms with Crippen molar-refractivity contribution in [3.05, 3.63) is 25.3 Å². The molecule has 1 nitrogen and oxygen atoms in total. The minimum Gasteiger partial charge on any atom is -0.245 e. The maximum absolute atomic E-state index is 13.5. The lowest BCUT2D eigenvalue weighted by atomic mass is 9.98. The van der Waals surface area contributed by atoms with Crippen LogP contribution in [0.4, 0.5) is 70.2 Å². The van der Waals surface area contributed by atoms with Crippen molar-refractivity contribution < 1.29 is 75.0 Å². The second kappa shape index (κ2) is 9.17. The molecule has 0 spiro atoms. The maximum atomic E-state index is 13.5. The zero-order valence-electron chi connectivity index (χ0n) is 15.9. The quantitative estimate of drug-likeness (QED) is 0.165. The summed E-state index contributed by atoms with van der Waals surface area (Å²) < 4.78 is 216. The van der Waals surface area contributed by atoms with Crippen LogP contribution < -0.4 is 0 Å². The highest BCUT2D eigenvalue weighted by Crippen LogP contribution is 2.59. The molecule has 0 saturated heterocycles. The van der Waals surface area contributed by atoms with Crippen molar-refractivity contribution in [2.24, 2.45) is 0 Å². The van der Waals surface area contributed by atoms with E-state index < -0.39 is 73.4 Å². The highest BCUT2D eigenvalue weighted by Gasteiger charge is 2.87. The molecule has 0 atom stereocenters. The van der Waals surface area contributed by atoms with Gasteiger partial charge in [-0.2, -0.15) is 70.2 Å². The van der Waals surface area contributed by atoms with Crippen molar-refractivity contribution in [3.63, 3.8) is 0 Å². The van der Waals surface area contributed by atoms with Gasteiger partial charge in [-0.3, -0.25) is 0 Å². The summed E-state index contributed by atoms with van der Waals surface area (Å²) in [6, 6.07) is 0. The first-order valence-electron chi connectivity index (χ1n) is 8.27. The maximum Gasteiger partial charge on any atom is 0.430 e. The number of hydrogen-bond donors (Lipinski definition) is 0. The molecule has 0 saturated carbocycles. The Morgan fingerprint density at radius 1 is 0.455 bits per heavy atom. The van der Waals surface area contributed by atoms with Gasteiger partial charge in [0.1, 0.15) is 0 Å². The van der Waals surface area contributed by atoms with Gasteiger partial charge in [-0.1, -0.05) is 12.2 Å². The van der Waals surface area contributed by atoms with E-state index in [4.69, 9.17) is 0 Å².